The molecule has 0 unspecified atom stereocenters. The van der Waals surface area contributed by atoms with Crippen molar-refractivity contribution >= 4 is 22.6 Å². The van der Waals surface area contributed by atoms with Gasteiger partial charge in [-0.1, -0.05) is 0 Å². The molecule has 29 heavy (non-hydrogen) atoms. The van der Waals surface area contributed by atoms with Crippen molar-refractivity contribution in [2.45, 2.75) is 44.4 Å². The topological polar surface area (TPSA) is 103 Å². The molecule has 5 rings (SSSR count). The predicted molar refractivity (Wildman–Crippen MR) is 104 cm³/mol. The van der Waals surface area contributed by atoms with E-state index in [1.54, 1.807) is 6.92 Å². The maximum absolute atomic E-state index is 15.2. The molecule has 2 heterocycles. The van der Waals surface area contributed by atoms with Crippen molar-refractivity contribution < 1.29 is 24.5 Å². The average Bonchev–Trinajstić information content (AvgIpc) is 3.37. The summed E-state index contributed by atoms with van der Waals surface area (Å²) in [5.41, 5.74) is 0.566. The summed E-state index contributed by atoms with van der Waals surface area (Å²) in [6, 6.07) is 1.27. The Labute approximate surface area is 166 Å². The summed E-state index contributed by atoms with van der Waals surface area (Å²) in [6.45, 7) is 2.73. The number of carboxylic acids is 1. The van der Waals surface area contributed by atoms with E-state index in [2.05, 4.69) is 0 Å². The molecule has 2 aliphatic carbocycles. The Bertz CT molecular complexity index is 1090. The number of nitrogens with zero attached hydrogens (tertiary/aromatic N) is 2. The Morgan fingerprint density at radius 2 is 1.97 bits per heavy atom. The van der Waals surface area contributed by atoms with Crippen LogP contribution in [0.5, 0.6) is 0 Å². The number of carboxylic acid groups (broad SMARTS) is 1. The maximum atomic E-state index is 15.2. The summed E-state index contributed by atoms with van der Waals surface area (Å²) in [5, 5.41) is 29.6. The zero-order valence-electron chi connectivity index (χ0n) is 16.0. The van der Waals surface area contributed by atoms with E-state index in [0.29, 0.717) is 36.3 Å². The Morgan fingerprint density at radius 1 is 1.24 bits per heavy atom. The van der Waals surface area contributed by atoms with Gasteiger partial charge in [0.05, 0.1) is 23.4 Å². The lowest BCUT2D eigenvalue weighted by molar-refractivity contribution is 0.0229. The highest BCUT2D eigenvalue weighted by molar-refractivity contribution is 5.95. The Kier molecular flexibility index (Phi) is 4.02. The number of hydrogen-bond acceptors (Lipinski definition) is 5. The molecule has 1 saturated heterocycles. The van der Waals surface area contributed by atoms with Gasteiger partial charge in [-0.15, -0.1) is 0 Å². The van der Waals surface area contributed by atoms with Gasteiger partial charge in [0.15, 0.2) is 0 Å². The zero-order chi connectivity index (χ0) is 20.6. The molecule has 1 aliphatic heterocycles. The van der Waals surface area contributed by atoms with Crippen LogP contribution in [0, 0.1) is 24.6 Å². The first-order valence-corrected chi connectivity index (χ1v) is 10.00. The second-order valence-corrected chi connectivity index (χ2v) is 8.67. The molecule has 2 saturated carbocycles. The molecule has 7 nitrogen and oxygen atoms in total. The molecule has 4 atom stereocenters. The van der Waals surface area contributed by atoms with Crippen LogP contribution in [-0.2, 0) is 0 Å². The minimum Gasteiger partial charge on any atom is -0.477 e. The number of anilines is 1. The number of aryl methyl sites for hydroxylation is 1. The van der Waals surface area contributed by atoms with Crippen LogP contribution in [0.15, 0.2) is 17.1 Å². The van der Waals surface area contributed by atoms with E-state index >= 15 is 4.39 Å². The summed E-state index contributed by atoms with van der Waals surface area (Å²) in [5.74, 6) is -1.89. The van der Waals surface area contributed by atoms with Crippen LogP contribution < -0.4 is 10.3 Å². The van der Waals surface area contributed by atoms with E-state index < -0.39 is 29.4 Å². The fraction of sp³-hybridized carbons (Fsp3) is 0.524. The van der Waals surface area contributed by atoms with Crippen LogP contribution >= 0.6 is 0 Å². The van der Waals surface area contributed by atoms with E-state index in [1.807, 2.05) is 9.47 Å². The predicted octanol–water partition coefficient (Wildman–Crippen LogP) is 1.66. The Morgan fingerprint density at radius 3 is 2.59 bits per heavy atom. The van der Waals surface area contributed by atoms with Crippen molar-refractivity contribution in [3.8, 4) is 0 Å². The number of aromatic nitrogens is 1. The van der Waals surface area contributed by atoms with Crippen molar-refractivity contribution in [2.75, 3.05) is 18.0 Å². The number of carbonyl (C=O) groups is 1. The highest BCUT2D eigenvalue weighted by Crippen LogP contribution is 2.44. The highest BCUT2D eigenvalue weighted by atomic mass is 19.1. The molecule has 0 amide bonds. The van der Waals surface area contributed by atoms with Crippen molar-refractivity contribution in [1.82, 2.24) is 4.57 Å². The van der Waals surface area contributed by atoms with Gasteiger partial charge in [0.25, 0.3) is 0 Å². The monoisotopic (exact) mass is 402 g/mol. The van der Waals surface area contributed by atoms with E-state index in [-0.39, 0.29) is 28.8 Å². The number of fused-ring (bicyclic) bond motifs is 2. The second kappa shape index (κ2) is 6.27. The van der Waals surface area contributed by atoms with Gasteiger partial charge in [0.1, 0.15) is 11.4 Å². The van der Waals surface area contributed by atoms with E-state index in [9.17, 15) is 24.9 Å². The Hall–Kier alpha value is -2.45. The first kappa shape index (κ1) is 18.6. The third-order valence-electron chi connectivity index (χ3n) is 6.83. The third-order valence-corrected chi connectivity index (χ3v) is 6.83. The van der Waals surface area contributed by atoms with E-state index in [0.717, 1.165) is 18.9 Å². The lowest BCUT2D eigenvalue weighted by Gasteiger charge is -2.26. The molecule has 0 bridgehead atoms. The molecule has 3 aliphatic rings. The number of aliphatic hydroxyl groups excluding tert-OH is 2. The van der Waals surface area contributed by atoms with Gasteiger partial charge < -0.3 is 24.8 Å². The van der Waals surface area contributed by atoms with Crippen LogP contribution in [0.1, 0.15) is 41.2 Å². The van der Waals surface area contributed by atoms with E-state index in [1.165, 1.54) is 6.20 Å². The summed E-state index contributed by atoms with van der Waals surface area (Å²) >= 11 is 0. The number of pyridine rings is 1. The standard InChI is InChI=1S/C21H23FN2O5/c1-9-17-12(19(26)14(21(28)29)8-24(17)11-2-3-11)5-15(22)18(9)23-6-10-4-16(25)20(27)13(10)7-23/h5,8,10-11,13,16,20,25,27H,2-4,6-7H2,1H3,(H,28,29)/t10-,13+,16+,20-/m0/s1. The van der Waals surface area contributed by atoms with Crippen molar-refractivity contribution in [1.29, 1.82) is 0 Å². The average molecular weight is 402 g/mol. The van der Waals surface area contributed by atoms with Gasteiger partial charge in [-0.25, -0.2) is 9.18 Å². The Balaban J connectivity index is 1.67. The highest BCUT2D eigenvalue weighted by Gasteiger charge is 2.47. The number of aromatic carboxylic acids is 1. The molecule has 1 aromatic carbocycles. The number of rotatable bonds is 3. The molecule has 2 aromatic rings. The van der Waals surface area contributed by atoms with Gasteiger partial charge in [0.2, 0.25) is 5.43 Å². The van der Waals surface area contributed by atoms with Gasteiger partial charge >= 0.3 is 5.97 Å². The van der Waals surface area contributed by atoms with Crippen molar-refractivity contribution in [3.05, 3.63) is 39.4 Å². The minimum absolute atomic E-state index is 0.0883. The molecule has 8 heteroatoms. The lowest BCUT2D eigenvalue weighted by atomic mass is 9.99. The lowest BCUT2D eigenvalue weighted by Crippen LogP contribution is -2.31. The van der Waals surface area contributed by atoms with Crippen molar-refractivity contribution in [2.24, 2.45) is 11.8 Å². The van der Waals surface area contributed by atoms with Gasteiger partial charge in [-0.2, -0.15) is 0 Å². The second-order valence-electron chi connectivity index (χ2n) is 8.67. The smallest absolute Gasteiger partial charge is 0.341 e. The number of aliphatic hydroxyl groups is 2. The zero-order valence-corrected chi connectivity index (χ0v) is 16.0. The fourth-order valence-corrected chi connectivity index (χ4v) is 5.30. The molecule has 0 radical (unpaired) electrons. The minimum atomic E-state index is -1.31. The molecular formula is C21H23FN2O5. The number of halogens is 1. The summed E-state index contributed by atoms with van der Waals surface area (Å²) in [7, 11) is 0. The van der Waals surface area contributed by atoms with Gasteiger partial charge in [-0.05, 0) is 43.7 Å². The van der Waals surface area contributed by atoms with E-state index in [4.69, 9.17) is 0 Å². The quantitative estimate of drug-likeness (QED) is 0.722. The first-order chi connectivity index (χ1) is 13.8. The molecule has 3 fully saturated rings. The SMILES string of the molecule is Cc1c(N2C[C@@H]3C[C@@H](O)[C@@H](O)[C@@H]3C2)c(F)cc2c(=O)c(C(=O)O)cn(C3CC3)c12. The van der Waals surface area contributed by atoms with Gasteiger partial charge in [0, 0.05) is 36.6 Å². The number of benzene rings is 1. The normalized spacial score (nSPS) is 28.9. The van der Waals surface area contributed by atoms with Crippen LogP contribution in [0.2, 0.25) is 0 Å². The fourth-order valence-electron chi connectivity index (χ4n) is 5.30. The summed E-state index contributed by atoms with van der Waals surface area (Å²) in [4.78, 5) is 26.1. The summed E-state index contributed by atoms with van der Waals surface area (Å²) in [6.07, 6.45) is 2.12. The van der Waals surface area contributed by atoms with Gasteiger partial charge in [-0.3, -0.25) is 4.79 Å². The van der Waals surface area contributed by atoms with Crippen molar-refractivity contribution in [3.63, 3.8) is 0 Å². The van der Waals surface area contributed by atoms with Crippen LogP contribution in [0.25, 0.3) is 10.9 Å². The maximum Gasteiger partial charge on any atom is 0.341 e. The molecular weight excluding hydrogens is 379 g/mol. The third kappa shape index (κ3) is 2.69. The first-order valence-electron chi connectivity index (χ1n) is 10.00. The summed E-state index contributed by atoms with van der Waals surface area (Å²) < 4.78 is 17.0. The molecule has 1 aromatic heterocycles. The van der Waals surface area contributed by atoms with Crippen LogP contribution in [0.4, 0.5) is 10.1 Å². The molecule has 154 valence electrons. The van der Waals surface area contributed by atoms with Crippen LogP contribution in [-0.4, -0.2) is 51.2 Å². The number of hydrogen-bond donors (Lipinski definition) is 3. The largest absolute Gasteiger partial charge is 0.477 e. The van der Waals surface area contributed by atoms with Crippen LogP contribution in [0.3, 0.4) is 0 Å². The molecule has 3 N–H and O–H groups in total. The molecule has 0 spiro atoms.